The molecule has 8 nitrogen and oxygen atoms in total. The smallest absolute Gasteiger partial charge is 0.242 e. The van der Waals surface area contributed by atoms with Gasteiger partial charge in [0.15, 0.2) is 11.5 Å². The third-order valence-electron chi connectivity index (χ3n) is 5.00. The Morgan fingerprint density at radius 2 is 2.07 bits per heavy atom. The zero-order chi connectivity index (χ0) is 19.8. The van der Waals surface area contributed by atoms with E-state index >= 15 is 0 Å². The molecule has 0 aliphatic carbocycles. The van der Waals surface area contributed by atoms with E-state index < -0.39 is 12.0 Å². The number of rotatable bonds is 3. The van der Waals surface area contributed by atoms with E-state index in [0.717, 1.165) is 23.7 Å². The number of amides is 1. The number of halogens is 1. The van der Waals surface area contributed by atoms with Gasteiger partial charge in [0.05, 0.1) is 5.52 Å². The number of hydrogen-bond acceptors (Lipinski definition) is 6. The first kappa shape index (κ1) is 17.5. The highest BCUT2D eigenvalue weighted by Crippen LogP contribution is 2.25. The molecule has 0 bridgehead atoms. The lowest BCUT2D eigenvalue weighted by atomic mass is 10.1. The van der Waals surface area contributed by atoms with Gasteiger partial charge in [0.25, 0.3) is 0 Å². The molecule has 0 saturated carbocycles. The molecule has 29 heavy (non-hydrogen) atoms. The Morgan fingerprint density at radius 3 is 2.97 bits per heavy atom. The molecule has 5 rings (SSSR count). The molecule has 1 aliphatic heterocycles. The van der Waals surface area contributed by atoms with Crippen LogP contribution in [0.4, 0.5) is 10.3 Å². The van der Waals surface area contributed by atoms with Gasteiger partial charge in [0.1, 0.15) is 6.04 Å². The lowest BCUT2D eigenvalue weighted by Crippen LogP contribution is -2.38. The average molecular weight is 391 g/mol. The predicted molar refractivity (Wildman–Crippen MR) is 106 cm³/mol. The first-order valence-electron chi connectivity index (χ1n) is 9.51. The summed E-state index contributed by atoms with van der Waals surface area (Å²) in [6.07, 6.45) is 3.97. The van der Waals surface area contributed by atoms with Crippen molar-refractivity contribution in [2.75, 3.05) is 11.9 Å². The summed E-state index contributed by atoms with van der Waals surface area (Å²) in [5.74, 6) is 0.131. The standard InChI is InChI=1S/C20H18FN7O/c21-16-11-12(8-10-22-16)17-26-18-13-5-1-2-6-14(13)24-20(28(18)27-17)25-15-7-3-4-9-23-19(15)29/h1-2,5-6,8,10-11,15H,3-4,7,9H2,(H,23,29)(H,24,25)/t15-/m1/s1. The molecule has 2 N–H and O–H groups in total. The number of nitrogens with one attached hydrogen (secondary N) is 2. The Bertz CT molecular complexity index is 1220. The first-order valence-corrected chi connectivity index (χ1v) is 9.51. The van der Waals surface area contributed by atoms with Crippen molar-refractivity contribution in [3.05, 3.63) is 48.5 Å². The first-order chi connectivity index (χ1) is 14.2. The zero-order valence-electron chi connectivity index (χ0n) is 15.5. The van der Waals surface area contributed by atoms with Crippen LogP contribution in [0.2, 0.25) is 0 Å². The number of para-hydroxylation sites is 1. The quantitative estimate of drug-likeness (QED) is 0.521. The van der Waals surface area contributed by atoms with E-state index in [4.69, 9.17) is 0 Å². The van der Waals surface area contributed by atoms with Gasteiger partial charge in [0, 0.05) is 29.8 Å². The second-order valence-electron chi connectivity index (χ2n) is 6.97. The Labute approximate surface area is 165 Å². The summed E-state index contributed by atoms with van der Waals surface area (Å²) in [5, 5.41) is 11.5. The Hall–Kier alpha value is -3.62. The minimum Gasteiger partial charge on any atom is -0.354 e. The van der Waals surface area contributed by atoms with Crippen LogP contribution in [0.25, 0.3) is 27.9 Å². The van der Waals surface area contributed by atoms with E-state index in [0.29, 0.717) is 35.9 Å². The maximum absolute atomic E-state index is 13.6. The summed E-state index contributed by atoms with van der Waals surface area (Å²) in [6.45, 7) is 0.679. The van der Waals surface area contributed by atoms with Gasteiger partial charge < -0.3 is 10.6 Å². The van der Waals surface area contributed by atoms with Gasteiger partial charge in [-0.3, -0.25) is 4.79 Å². The second-order valence-corrected chi connectivity index (χ2v) is 6.97. The average Bonchev–Trinajstić information content (AvgIpc) is 3.09. The van der Waals surface area contributed by atoms with Crippen LogP contribution in [0.15, 0.2) is 42.6 Å². The van der Waals surface area contributed by atoms with Gasteiger partial charge in [-0.15, -0.1) is 5.10 Å². The van der Waals surface area contributed by atoms with Crippen LogP contribution >= 0.6 is 0 Å². The molecule has 1 aromatic carbocycles. The van der Waals surface area contributed by atoms with Gasteiger partial charge in [-0.25, -0.2) is 15.0 Å². The topological polar surface area (TPSA) is 97.1 Å². The van der Waals surface area contributed by atoms with Gasteiger partial charge in [-0.05, 0) is 37.5 Å². The summed E-state index contributed by atoms with van der Waals surface area (Å²) in [6, 6.07) is 10.1. The highest BCUT2D eigenvalue weighted by molar-refractivity contribution is 5.93. The van der Waals surface area contributed by atoms with Crippen molar-refractivity contribution < 1.29 is 9.18 Å². The number of carbonyl (C=O) groups is 1. The summed E-state index contributed by atoms with van der Waals surface area (Å²) in [5.41, 5.74) is 1.83. The number of hydrogen-bond donors (Lipinski definition) is 2. The van der Waals surface area contributed by atoms with Crippen molar-refractivity contribution in [3.8, 4) is 11.4 Å². The summed E-state index contributed by atoms with van der Waals surface area (Å²) < 4.78 is 15.2. The Morgan fingerprint density at radius 1 is 1.17 bits per heavy atom. The number of nitrogens with zero attached hydrogens (tertiary/aromatic N) is 5. The normalized spacial score (nSPS) is 17.3. The minimum atomic E-state index is -0.599. The van der Waals surface area contributed by atoms with E-state index in [-0.39, 0.29) is 5.91 Å². The van der Waals surface area contributed by atoms with E-state index in [1.54, 1.807) is 10.6 Å². The molecule has 1 amide bonds. The molecular formula is C20H18FN7O. The molecule has 0 radical (unpaired) electrons. The van der Waals surface area contributed by atoms with Crippen molar-refractivity contribution in [1.29, 1.82) is 0 Å². The molecule has 3 aromatic heterocycles. The molecule has 0 spiro atoms. The molecule has 1 saturated heterocycles. The molecule has 0 unspecified atom stereocenters. The fraction of sp³-hybridized carbons (Fsp3) is 0.250. The predicted octanol–water partition coefficient (Wildman–Crippen LogP) is 2.56. The maximum Gasteiger partial charge on any atom is 0.242 e. The maximum atomic E-state index is 13.6. The van der Waals surface area contributed by atoms with Crippen molar-refractivity contribution in [3.63, 3.8) is 0 Å². The highest BCUT2D eigenvalue weighted by atomic mass is 19.1. The fourth-order valence-electron chi connectivity index (χ4n) is 3.55. The molecule has 9 heteroatoms. The van der Waals surface area contributed by atoms with Crippen LogP contribution in [-0.2, 0) is 4.79 Å². The van der Waals surface area contributed by atoms with Crippen molar-refractivity contribution in [2.45, 2.75) is 25.3 Å². The van der Waals surface area contributed by atoms with Crippen LogP contribution < -0.4 is 10.6 Å². The SMILES string of the molecule is O=C1NCCCC[C@H]1Nc1nc2ccccc2c2nc(-c3ccnc(F)c3)nn12. The molecule has 4 aromatic rings. The molecule has 1 aliphatic rings. The van der Waals surface area contributed by atoms with Crippen molar-refractivity contribution >= 4 is 28.4 Å². The molecule has 4 heterocycles. The third-order valence-corrected chi connectivity index (χ3v) is 5.00. The number of benzene rings is 1. The summed E-state index contributed by atoms with van der Waals surface area (Å²) in [4.78, 5) is 25.3. The number of anilines is 1. The summed E-state index contributed by atoms with van der Waals surface area (Å²) in [7, 11) is 0. The van der Waals surface area contributed by atoms with Gasteiger partial charge >= 0.3 is 0 Å². The van der Waals surface area contributed by atoms with Crippen LogP contribution in [0.3, 0.4) is 0 Å². The van der Waals surface area contributed by atoms with Gasteiger partial charge in [0.2, 0.25) is 17.8 Å². The molecular weight excluding hydrogens is 373 g/mol. The highest BCUT2D eigenvalue weighted by Gasteiger charge is 2.23. The van der Waals surface area contributed by atoms with Gasteiger partial charge in [-0.1, -0.05) is 12.1 Å². The largest absolute Gasteiger partial charge is 0.354 e. The summed E-state index contributed by atoms with van der Waals surface area (Å²) >= 11 is 0. The third kappa shape index (κ3) is 3.24. The Balaban J connectivity index is 1.66. The van der Waals surface area contributed by atoms with E-state index in [1.165, 1.54) is 12.3 Å². The molecule has 146 valence electrons. The molecule has 1 fully saturated rings. The lowest BCUT2D eigenvalue weighted by molar-refractivity contribution is -0.121. The number of fused-ring (bicyclic) bond motifs is 3. The van der Waals surface area contributed by atoms with Crippen LogP contribution in [-0.4, -0.2) is 43.1 Å². The zero-order valence-corrected chi connectivity index (χ0v) is 15.5. The van der Waals surface area contributed by atoms with Crippen LogP contribution in [0.1, 0.15) is 19.3 Å². The van der Waals surface area contributed by atoms with E-state index in [1.807, 2.05) is 24.3 Å². The number of aromatic nitrogens is 5. The Kier molecular flexibility index (Phi) is 4.27. The van der Waals surface area contributed by atoms with E-state index in [9.17, 15) is 9.18 Å². The lowest BCUT2D eigenvalue weighted by Gasteiger charge is -2.16. The van der Waals surface area contributed by atoms with E-state index in [2.05, 4.69) is 30.7 Å². The second kappa shape index (κ2) is 7.08. The van der Waals surface area contributed by atoms with Crippen LogP contribution in [0, 0.1) is 5.95 Å². The van der Waals surface area contributed by atoms with Crippen LogP contribution in [0.5, 0.6) is 0 Å². The van der Waals surface area contributed by atoms with Crippen molar-refractivity contribution in [1.82, 2.24) is 29.9 Å². The molecule has 1 atom stereocenters. The minimum absolute atomic E-state index is 0.0536. The number of pyridine rings is 1. The number of carbonyl (C=O) groups excluding carboxylic acids is 1. The monoisotopic (exact) mass is 391 g/mol. The van der Waals surface area contributed by atoms with Gasteiger partial charge in [-0.2, -0.15) is 8.91 Å². The van der Waals surface area contributed by atoms with Crippen molar-refractivity contribution in [2.24, 2.45) is 0 Å². The fourth-order valence-corrected chi connectivity index (χ4v) is 3.55.